The number of carbonyl (C=O) groups excluding carboxylic acids is 2. The van der Waals surface area contributed by atoms with Gasteiger partial charge in [-0.25, -0.2) is 4.79 Å². The average molecular weight is 314 g/mol. The lowest BCUT2D eigenvalue weighted by atomic mass is 10.2. The number of nitrogens with one attached hydrogen (secondary N) is 1. The maximum Gasteiger partial charge on any atom is 0.342 e. The minimum atomic E-state index is -0.781. The summed E-state index contributed by atoms with van der Waals surface area (Å²) in [6.45, 7) is 0.710. The molecule has 2 N–H and O–H groups in total. The van der Waals surface area contributed by atoms with Crippen LogP contribution < -0.4 is 5.32 Å². The molecule has 0 bridgehead atoms. The third-order valence-corrected chi connectivity index (χ3v) is 3.30. The average Bonchev–Trinajstić information content (AvgIpc) is 2.95. The molecule has 0 radical (unpaired) electrons. The van der Waals surface area contributed by atoms with Crippen molar-refractivity contribution in [3.63, 3.8) is 0 Å². The zero-order valence-electron chi connectivity index (χ0n) is 11.3. The summed E-state index contributed by atoms with van der Waals surface area (Å²) in [5, 5.41) is 12.5. The number of aromatic hydroxyl groups is 1. The molecule has 1 heterocycles. The third kappa shape index (κ3) is 4.61. The summed E-state index contributed by atoms with van der Waals surface area (Å²) in [4.78, 5) is 23.3. The van der Waals surface area contributed by atoms with Crippen molar-refractivity contribution in [1.29, 1.82) is 0 Å². The maximum absolute atomic E-state index is 11.7. The Hall–Kier alpha value is -1.79. The number of hydrogen-bond donors (Lipinski definition) is 2. The van der Waals surface area contributed by atoms with Crippen LogP contribution in [0, 0.1) is 0 Å². The number of rotatable bonds is 5. The highest BCUT2D eigenvalue weighted by Gasteiger charge is 2.18. The minimum absolute atomic E-state index is 0.0324. The fourth-order valence-electron chi connectivity index (χ4n) is 1.97. The van der Waals surface area contributed by atoms with Crippen molar-refractivity contribution < 1.29 is 24.2 Å². The van der Waals surface area contributed by atoms with Gasteiger partial charge < -0.3 is 19.9 Å². The Morgan fingerprint density at radius 1 is 1.48 bits per heavy atom. The number of halogens is 1. The normalized spacial score (nSPS) is 17.5. The second-order valence-corrected chi connectivity index (χ2v) is 5.11. The van der Waals surface area contributed by atoms with Crippen molar-refractivity contribution in [1.82, 2.24) is 5.32 Å². The monoisotopic (exact) mass is 313 g/mol. The van der Waals surface area contributed by atoms with E-state index in [9.17, 15) is 14.7 Å². The van der Waals surface area contributed by atoms with Gasteiger partial charge in [-0.2, -0.15) is 0 Å². The summed E-state index contributed by atoms with van der Waals surface area (Å²) in [5.41, 5.74) is -0.0358. The van der Waals surface area contributed by atoms with Crippen molar-refractivity contribution in [2.75, 3.05) is 19.8 Å². The predicted octanol–water partition coefficient (Wildman–Crippen LogP) is 1.50. The van der Waals surface area contributed by atoms with Crippen LogP contribution >= 0.6 is 11.6 Å². The molecule has 0 unspecified atom stereocenters. The van der Waals surface area contributed by atoms with Gasteiger partial charge in [-0.1, -0.05) is 11.6 Å². The first kappa shape index (κ1) is 15.6. The molecule has 1 amide bonds. The highest BCUT2D eigenvalue weighted by Crippen LogP contribution is 2.22. The van der Waals surface area contributed by atoms with E-state index < -0.39 is 18.5 Å². The molecule has 1 aliphatic rings. The number of phenols is 1. The fraction of sp³-hybridized carbons (Fsp3) is 0.429. The molecule has 1 atom stereocenters. The van der Waals surface area contributed by atoms with Gasteiger partial charge in [-0.05, 0) is 31.0 Å². The molecule has 2 rings (SSSR count). The molecule has 6 nitrogen and oxygen atoms in total. The van der Waals surface area contributed by atoms with E-state index in [4.69, 9.17) is 21.1 Å². The number of benzene rings is 1. The van der Waals surface area contributed by atoms with Crippen LogP contribution in [0.3, 0.4) is 0 Å². The van der Waals surface area contributed by atoms with Crippen LogP contribution in [0.4, 0.5) is 0 Å². The summed E-state index contributed by atoms with van der Waals surface area (Å²) in [7, 11) is 0. The summed E-state index contributed by atoms with van der Waals surface area (Å²) in [6.07, 6.45) is 1.94. The van der Waals surface area contributed by atoms with Gasteiger partial charge in [-0.15, -0.1) is 0 Å². The Kier molecular flexibility index (Phi) is 5.41. The van der Waals surface area contributed by atoms with Crippen LogP contribution in [-0.4, -0.2) is 42.8 Å². The highest BCUT2D eigenvalue weighted by molar-refractivity contribution is 6.30. The molecule has 1 saturated heterocycles. The largest absolute Gasteiger partial charge is 0.507 e. The van der Waals surface area contributed by atoms with E-state index in [2.05, 4.69) is 5.32 Å². The van der Waals surface area contributed by atoms with E-state index in [1.165, 1.54) is 18.2 Å². The molecule has 1 aliphatic heterocycles. The zero-order chi connectivity index (χ0) is 15.2. The fourth-order valence-corrected chi connectivity index (χ4v) is 2.14. The number of ether oxygens (including phenoxy) is 2. The first-order valence-corrected chi connectivity index (χ1v) is 6.98. The smallest absolute Gasteiger partial charge is 0.342 e. The van der Waals surface area contributed by atoms with Gasteiger partial charge in [-0.3, -0.25) is 4.79 Å². The SMILES string of the molecule is O=C(COC(=O)c1ccc(Cl)cc1O)NC[C@H]1CCCO1. The molecule has 1 fully saturated rings. The van der Waals surface area contributed by atoms with E-state index in [0.717, 1.165) is 12.8 Å². The third-order valence-electron chi connectivity index (χ3n) is 3.06. The maximum atomic E-state index is 11.7. The molecule has 114 valence electrons. The number of amides is 1. The Labute approximate surface area is 127 Å². The van der Waals surface area contributed by atoms with Crippen molar-refractivity contribution in [3.8, 4) is 5.75 Å². The van der Waals surface area contributed by atoms with Crippen molar-refractivity contribution >= 4 is 23.5 Å². The molecular weight excluding hydrogens is 298 g/mol. The van der Waals surface area contributed by atoms with E-state index >= 15 is 0 Å². The Morgan fingerprint density at radius 3 is 2.95 bits per heavy atom. The highest BCUT2D eigenvalue weighted by atomic mass is 35.5. The van der Waals surface area contributed by atoms with Crippen LogP contribution in [0.1, 0.15) is 23.2 Å². The molecule has 1 aromatic rings. The van der Waals surface area contributed by atoms with Gasteiger partial charge in [0.2, 0.25) is 0 Å². The van der Waals surface area contributed by atoms with Crippen LogP contribution in [0.5, 0.6) is 5.75 Å². The van der Waals surface area contributed by atoms with Crippen LogP contribution in [0.2, 0.25) is 5.02 Å². The molecule has 0 aromatic heterocycles. The Balaban J connectivity index is 1.76. The summed E-state index contributed by atoms with van der Waals surface area (Å²) in [6, 6.07) is 4.02. The molecule has 0 saturated carbocycles. The molecule has 7 heteroatoms. The Bertz CT molecular complexity index is 528. The van der Waals surface area contributed by atoms with E-state index in [0.29, 0.717) is 18.2 Å². The van der Waals surface area contributed by atoms with Crippen LogP contribution in [0.15, 0.2) is 18.2 Å². The van der Waals surface area contributed by atoms with Gasteiger partial charge in [0.15, 0.2) is 6.61 Å². The molecule has 0 aliphatic carbocycles. The van der Waals surface area contributed by atoms with Crippen molar-refractivity contribution in [2.24, 2.45) is 0 Å². The lowest BCUT2D eigenvalue weighted by Crippen LogP contribution is -2.34. The van der Waals surface area contributed by atoms with E-state index in [-0.39, 0.29) is 17.4 Å². The Morgan fingerprint density at radius 2 is 2.29 bits per heavy atom. The van der Waals surface area contributed by atoms with Crippen molar-refractivity contribution in [2.45, 2.75) is 18.9 Å². The second-order valence-electron chi connectivity index (χ2n) is 4.68. The molecule has 0 spiro atoms. The van der Waals surface area contributed by atoms with Crippen LogP contribution in [-0.2, 0) is 14.3 Å². The summed E-state index contributed by atoms with van der Waals surface area (Å²) >= 11 is 5.66. The van der Waals surface area contributed by atoms with Gasteiger partial charge >= 0.3 is 5.97 Å². The van der Waals surface area contributed by atoms with Gasteiger partial charge in [0.05, 0.1) is 6.10 Å². The first-order valence-electron chi connectivity index (χ1n) is 6.60. The molecule has 1 aromatic carbocycles. The number of esters is 1. The standard InChI is InChI=1S/C14H16ClNO5/c15-9-3-4-11(12(17)6-9)14(19)21-8-13(18)16-7-10-2-1-5-20-10/h3-4,6,10,17H,1-2,5,7-8H2,(H,16,18)/t10-/m1/s1. The number of carbonyl (C=O) groups is 2. The topological polar surface area (TPSA) is 84.9 Å². The lowest BCUT2D eigenvalue weighted by Gasteiger charge is -2.11. The van der Waals surface area contributed by atoms with E-state index in [1.807, 2.05) is 0 Å². The molecular formula is C14H16ClNO5. The van der Waals surface area contributed by atoms with Gasteiger partial charge in [0, 0.05) is 18.2 Å². The number of hydrogen-bond acceptors (Lipinski definition) is 5. The molecule has 21 heavy (non-hydrogen) atoms. The summed E-state index contributed by atoms with van der Waals surface area (Å²) < 4.78 is 10.2. The zero-order valence-corrected chi connectivity index (χ0v) is 12.1. The second kappa shape index (κ2) is 7.28. The first-order chi connectivity index (χ1) is 10.1. The van der Waals surface area contributed by atoms with Gasteiger partial charge in [0.25, 0.3) is 5.91 Å². The number of phenolic OH excluding ortho intramolecular Hbond substituents is 1. The van der Waals surface area contributed by atoms with Crippen molar-refractivity contribution in [3.05, 3.63) is 28.8 Å². The minimum Gasteiger partial charge on any atom is -0.507 e. The van der Waals surface area contributed by atoms with Gasteiger partial charge in [0.1, 0.15) is 11.3 Å². The predicted molar refractivity (Wildman–Crippen MR) is 75.4 cm³/mol. The lowest BCUT2D eigenvalue weighted by molar-refractivity contribution is -0.124. The quantitative estimate of drug-likeness (QED) is 0.805. The van der Waals surface area contributed by atoms with Crippen LogP contribution in [0.25, 0.3) is 0 Å². The van der Waals surface area contributed by atoms with E-state index in [1.54, 1.807) is 0 Å². The summed E-state index contributed by atoms with van der Waals surface area (Å²) in [5.74, 6) is -1.48.